The van der Waals surface area contributed by atoms with Crippen molar-refractivity contribution < 1.29 is 14.6 Å². The van der Waals surface area contributed by atoms with Crippen molar-refractivity contribution in [2.24, 2.45) is 0 Å². The number of aliphatic carboxylic acids is 1. The molecule has 0 bridgehead atoms. The van der Waals surface area contributed by atoms with Gasteiger partial charge in [-0.05, 0) is 55.5 Å². The number of ether oxygens (including phenoxy) is 1. The van der Waals surface area contributed by atoms with Gasteiger partial charge in [0, 0.05) is 6.04 Å². The lowest BCUT2D eigenvalue weighted by Gasteiger charge is -2.27. The summed E-state index contributed by atoms with van der Waals surface area (Å²) in [6.45, 7) is 4.89. The molecule has 0 amide bonds. The Kier molecular flexibility index (Phi) is 5.01. The number of fused-ring (bicyclic) bond motifs is 1. The van der Waals surface area contributed by atoms with Crippen molar-refractivity contribution in [3.8, 4) is 5.75 Å². The van der Waals surface area contributed by atoms with E-state index in [1.807, 2.05) is 19.1 Å². The molecular weight excluding hydrogens is 254 g/mol. The van der Waals surface area contributed by atoms with Crippen LogP contribution in [0.2, 0.25) is 0 Å². The summed E-state index contributed by atoms with van der Waals surface area (Å²) in [6.07, 6.45) is 3.06. The van der Waals surface area contributed by atoms with Crippen LogP contribution < -0.4 is 10.1 Å². The van der Waals surface area contributed by atoms with Crippen molar-refractivity contribution in [3.63, 3.8) is 0 Å². The van der Waals surface area contributed by atoms with Crippen molar-refractivity contribution >= 4 is 5.97 Å². The molecule has 0 fully saturated rings. The molecule has 0 aromatic heterocycles. The number of nitrogens with one attached hydrogen (secondary N) is 1. The Balaban J connectivity index is 2.17. The Hall–Kier alpha value is -1.55. The summed E-state index contributed by atoms with van der Waals surface area (Å²) < 4.78 is 5.57. The predicted octanol–water partition coefficient (Wildman–Crippen LogP) is 2.92. The summed E-state index contributed by atoms with van der Waals surface area (Å²) in [4.78, 5) is 11.0. The second-order valence-corrected chi connectivity index (χ2v) is 5.22. The van der Waals surface area contributed by atoms with Gasteiger partial charge in [0.2, 0.25) is 0 Å². The van der Waals surface area contributed by atoms with Gasteiger partial charge in [-0.3, -0.25) is 0 Å². The maximum absolute atomic E-state index is 11.0. The molecule has 0 aliphatic heterocycles. The number of hydrogen-bond acceptors (Lipinski definition) is 3. The zero-order chi connectivity index (χ0) is 14.5. The van der Waals surface area contributed by atoms with Crippen LogP contribution >= 0.6 is 0 Å². The summed E-state index contributed by atoms with van der Waals surface area (Å²) in [5, 5.41) is 12.5. The van der Waals surface area contributed by atoms with E-state index in [9.17, 15) is 4.79 Å². The Morgan fingerprint density at radius 2 is 2.30 bits per heavy atom. The molecule has 4 nitrogen and oxygen atoms in total. The van der Waals surface area contributed by atoms with Gasteiger partial charge in [0.1, 0.15) is 5.75 Å². The third-order valence-corrected chi connectivity index (χ3v) is 3.80. The van der Waals surface area contributed by atoms with Gasteiger partial charge in [-0.2, -0.15) is 0 Å². The van der Waals surface area contributed by atoms with E-state index >= 15 is 0 Å². The third-order valence-electron chi connectivity index (χ3n) is 3.80. The Morgan fingerprint density at radius 3 is 2.95 bits per heavy atom. The molecule has 110 valence electrons. The number of aryl methyl sites for hydroxylation is 1. The topological polar surface area (TPSA) is 58.6 Å². The smallest absolute Gasteiger partial charge is 0.344 e. The minimum absolute atomic E-state index is 0.416. The molecule has 2 unspecified atom stereocenters. The summed E-state index contributed by atoms with van der Waals surface area (Å²) in [5.41, 5.74) is 2.61. The zero-order valence-corrected chi connectivity index (χ0v) is 12.2. The van der Waals surface area contributed by atoms with E-state index in [-0.39, 0.29) is 0 Å². The molecule has 1 aromatic carbocycles. The molecule has 0 heterocycles. The highest BCUT2D eigenvalue weighted by Crippen LogP contribution is 2.32. The average molecular weight is 277 g/mol. The average Bonchev–Trinajstić information content (AvgIpc) is 2.44. The quantitative estimate of drug-likeness (QED) is 0.839. The van der Waals surface area contributed by atoms with Crippen molar-refractivity contribution in [1.29, 1.82) is 0 Å². The van der Waals surface area contributed by atoms with E-state index in [4.69, 9.17) is 9.84 Å². The van der Waals surface area contributed by atoms with E-state index in [0.717, 1.165) is 25.8 Å². The summed E-state index contributed by atoms with van der Waals surface area (Å²) >= 11 is 0. The van der Waals surface area contributed by atoms with E-state index in [1.165, 1.54) is 11.1 Å². The first-order valence-electron chi connectivity index (χ1n) is 7.41. The summed E-state index contributed by atoms with van der Waals surface area (Å²) in [7, 11) is 0. The molecule has 20 heavy (non-hydrogen) atoms. The minimum Gasteiger partial charge on any atom is -0.479 e. The fraction of sp³-hybridized carbons (Fsp3) is 0.562. The van der Waals surface area contributed by atoms with E-state index in [1.54, 1.807) is 0 Å². The van der Waals surface area contributed by atoms with Crippen LogP contribution in [0.4, 0.5) is 0 Å². The first-order chi connectivity index (χ1) is 9.65. The first-order valence-corrected chi connectivity index (χ1v) is 7.41. The standard InChI is InChI=1S/C16H23NO3/c1-3-15(16(18)19)20-12-8-9-13-11(10-12)6-5-7-14(13)17-4-2/h8-10,14-15,17H,3-7H2,1-2H3,(H,18,19). The molecule has 0 spiro atoms. The Bertz CT molecular complexity index is 473. The minimum atomic E-state index is -0.907. The van der Waals surface area contributed by atoms with Crippen molar-refractivity contribution in [1.82, 2.24) is 5.32 Å². The molecule has 0 saturated carbocycles. The van der Waals surface area contributed by atoms with E-state index in [2.05, 4.69) is 18.3 Å². The molecule has 1 aliphatic carbocycles. The second-order valence-electron chi connectivity index (χ2n) is 5.22. The van der Waals surface area contributed by atoms with Gasteiger partial charge in [0.05, 0.1) is 0 Å². The van der Waals surface area contributed by atoms with Gasteiger partial charge in [0.15, 0.2) is 6.10 Å². The van der Waals surface area contributed by atoms with Gasteiger partial charge < -0.3 is 15.2 Å². The summed E-state index contributed by atoms with van der Waals surface area (Å²) in [5.74, 6) is -0.245. The van der Waals surface area contributed by atoms with Crippen LogP contribution in [0.3, 0.4) is 0 Å². The lowest BCUT2D eigenvalue weighted by Crippen LogP contribution is -2.27. The van der Waals surface area contributed by atoms with E-state index < -0.39 is 12.1 Å². The van der Waals surface area contributed by atoms with Crippen LogP contribution in [0.5, 0.6) is 5.75 Å². The SMILES string of the molecule is CCNC1CCCc2cc(OC(CC)C(=O)O)ccc21. The third kappa shape index (κ3) is 3.31. The molecule has 1 aliphatic rings. The number of carbonyl (C=O) groups is 1. The highest BCUT2D eigenvalue weighted by atomic mass is 16.5. The highest BCUT2D eigenvalue weighted by Gasteiger charge is 2.21. The molecule has 2 N–H and O–H groups in total. The van der Waals surface area contributed by atoms with Gasteiger partial charge in [-0.15, -0.1) is 0 Å². The van der Waals surface area contributed by atoms with Gasteiger partial charge in [-0.1, -0.05) is 19.9 Å². The molecule has 0 radical (unpaired) electrons. The van der Waals surface area contributed by atoms with E-state index in [0.29, 0.717) is 18.2 Å². The molecule has 1 aromatic rings. The lowest BCUT2D eigenvalue weighted by molar-refractivity contribution is -0.145. The maximum atomic E-state index is 11.0. The number of benzene rings is 1. The highest BCUT2D eigenvalue weighted by molar-refractivity contribution is 5.72. The zero-order valence-electron chi connectivity index (χ0n) is 12.2. The van der Waals surface area contributed by atoms with Gasteiger partial charge in [0.25, 0.3) is 0 Å². The normalized spacial score (nSPS) is 19.2. The fourth-order valence-corrected chi connectivity index (χ4v) is 2.80. The number of rotatable bonds is 6. The maximum Gasteiger partial charge on any atom is 0.344 e. The van der Waals surface area contributed by atoms with Crippen LogP contribution in [-0.4, -0.2) is 23.7 Å². The van der Waals surface area contributed by atoms with Crippen LogP contribution in [-0.2, 0) is 11.2 Å². The number of hydrogen-bond donors (Lipinski definition) is 2. The van der Waals surface area contributed by atoms with Crippen LogP contribution in [0.25, 0.3) is 0 Å². The van der Waals surface area contributed by atoms with Crippen LogP contribution in [0.15, 0.2) is 18.2 Å². The number of carboxylic acids is 1. The van der Waals surface area contributed by atoms with Crippen molar-refractivity contribution in [3.05, 3.63) is 29.3 Å². The largest absolute Gasteiger partial charge is 0.479 e. The van der Waals surface area contributed by atoms with Crippen LogP contribution in [0.1, 0.15) is 50.3 Å². The van der Waals surface area contributed by atoms with Crippen LogP contribution in [0, 0.1) is 0 Å². The molecule has 2 rings (SSSR count). The molecule has 4 heteroatoms. The number of carboxylic acid groups (broad SMARTS) is 1. The molecule has 2 atom stereocenters. The van der Waals surface area contributed by atoms with Gasteiger partial charge >= 0.3 is 5.97 Å². The Labute approximate surface area is 120 Å². The Morgan fingerprint density at radius 1 is 1.50 bits per heavy atom. The predicted molar refractivity (Wildman–Crippen MR) is 78.1 cm³/mol. The van der Waals surface area contributed by atoms with Crippen molar-refractivity contribution in [2.45, 2.75) is 51.7 Å². The first kappa shape index (κ1) is 14.9. The summed E-state index contributed by atoms with van der Waals surface area (Å²) in [6, 6.07) is 6.38. The van der Waals surface area contributed by atoms with Crippen molar-refractivity contribution in [2.75, 3.05) is 6.54 Å². The van der Waals surface area contributed by atoms with Gasteiger partial charge in [-0.25, -0.2) is 4.79 Å². The lowest BCUT2D eigenvalue weighted by atomic mass is 9.87. The molecular formula is C16H23NO3. The molecule has 0 saturated heterocycles. The fourth-order valence-electron chi connectivity index (χ4n) is 2.80. The second kappa shape index (κ2) is 6.75. The monoisotopic (exact) mass is 277 g/mol.